The second-order valence-electron chi connectivity index (χ2n) is 3.34. The molecule has 1 aromatic heterocycles. The molecule has 0 fully saturated rings. The van der Waals surface area contributed by atoms with Gasteiger partial charge in [-0.2, -0.15) is 0 Å². The van der Waals surface area contributed by atoms with Gasteiger partial charge in [-0.15, -0.1) is 5.10 Å². The van der Waals surface area contributed by atoms with Crippen molar-refractivity contribution >= 4 is 18.2 Å². The van der Waals surface area contributed by atoms with E-state index in [1.807, 2.05) is 11.6 Å². The number of nitrogens with one attached hydrogen (secondary N) is 1. The molecule has 0 saturated carbocycles. The van der Waals surface area contributed by atoms with Crippen LogP contribution in [-0.2, 0) is 11.3 Å². The molecule has 0 spiro atoms. The van der Waals surface area contributed by atoms with Crippen LogP contribution >= 0.6 is 12.2 Å². The second-order valence-corrected chi connectivity index (χ2v) is 3.73. The van der Waals surface area contributed by atoms with E-state index in [0.717, 1.165) is 32.1 Å². The lowest BCUT2D eigenvalue weighted by molar-refractivity contribution is 0.196. The number of hydrogen-bond donors (Lipinski definition) is 1. The predicted molar refractivity (Wildman–Crippen MR) is 62.8 cm³/mol. The lowest BCUT2D eigenvalue weighted by atomic mass is 10.4. The van der Waals surface area contributed by atoms with E-state index in [-0.39, 0.29) is 0 Å². The number of rotatable bonds is 6. The summed E-state index contributed by atoms with van der Waals surface area (Å²) >= 11 is 5.12. The SMILES string of the molecule is CCn1c(N(C)CCCOC)n[nH]c1=S. The Morgan fingerprint density at radius 1 is 1.60 bits per heavy atom. The van der Waals surface area contributed by atoms with Crippen LogP contribution in [-0.4, -0.2) is 42.1 Å². The van der Waals surface area contributed by atoms with E-state index in [4.69, 9.17) is 17.0 Å². The molecule has 0 aromatic carbocycles. The highest BCUT2D eigenvalue weighted by Gasteiger charge is 2.08. The number of ether oxygens (including phenoxy) is 1. The minimum atomic E-state index is 0.672. The summed E-state index contributed by atoms with van der Waals surface area (Å²) in [6.07, 6.45) is 0.982. The fourth-order valence-electron chi connectivity index (χ4n) is 1.43. The molecule has 1 rings (SSSR count). The molecule has 0 amide bonds. The standard InChI is InChI=1S/C9H18N4OS/c1-4-13-8(10-11-9(13)15)12(2)6-5-7-14-3/h4-7H2,1-3H3,(H,11,15). The average Bonchev–Trinajstić information content (AvgIpc) is 2.59. The van der Waals surface area contributed by atoms with Crippen LogP contribution in [0.15, 0.2) is 0 Å². The molecule has 0 aliphatic carbocycles. The Morgan fingerprint density at radius 2 is 2.33 bits per heavy atom. The third-order valence-corrected chi connectivity index (χ3v) is 2.55. The molecular weight excluding hydrogens is 212 g/mol. The summed E-state index contributed by atoms with van der Waals surface area (Å²) in [5, 5.41) is 7.00. The van der Waals surface area contributed by atoms with Crippen molar-refractivity contribution in [3.05, 3.63) is 4.77 Å². The van der Waals surface area contributed by atoms with Crippen molar-refractivity contribution in [2.75, 3.05) is 32.2 Å². The van der Waals surface area contributed by atoms with Crippen LogP contribution in [0.1, 0.15) is 13.3 Å². The maximum Gasteiger partial charge on any atom is 0.225 e. The van der Waals surface area contributed by atoms with Gasteiger partial charge in [-0.05, 0) is 25.6 Å². The molecular formula is C9H18N4OS. The number of methoxy groups -OCH3 is 1. The van der Waals surface area contributed by atoms with Gasteiger partial charge in [0.15, 0.2) is 4.77 Å². The molecule has 0 radical (unpaired) electrons. The molecule has 86 valence electrons. The van der Waals surface area contributed by atoms with E-state index in [0.29, 0.717) is 4.77 Å². The van der Waals surface area contributed by atoms with Crippen LogP contribution in [0.4, 0.5) is 5.95 Å². The number of aromatic nitrogens is 3. The molecule has 0 unspecified atom stereocenters. The zero-order valence-electron chi connectivity index (χ0n) is 9.49. The van der Waals surface area contributed by atoms with E-state index in [9.17, 15) is 0 Å². The van der Waals surface area contributed by atoms with Gasteiger partial charge < -0.3 is 9.64 Å². The predicted octanol–water partition coefficient (Wildman–Crippen LogP) is 1.43. The number of nitrogens with zero attached hydrogens (tertiary/aromatic N) is 3. The summed E-state index contributed by atoms with van der Waals surface area (Å²) in [5.41, 5.74) is 0. The first-order chi connectivity index (χ1) is 7.20. The number of hydrogen-bond acceptors (Lipinski definition) is 4. The molecule has 0 bridgehead atoms. The van der Waals surface area contributed by atoms with E-state index in [1.165, 1.54) is 0 Å². The highest BCUT2D eigenvalue weighted by molar-refractivity contribution is 7.71. The third kappa shape index (κ3) is 3.04. The van der Waals surface area contributed by atoms with Gasteiger partial charge in [-0.3, -0.25) is 4.57 Å². The number of aromatic amines is 1. The van der Waals surface area contributed by atoms with E-state index in [1.54, 1.807) is 7.11 Å². The highest BCUT2D eigenvalue weighted by atomic mass is 32.1. The van der Waals surface area contributed by atoms with E-state index < -0.39 is 0 Å². The van der Waals surface area contributed by atoms with Gasteiger partial charge in [0.05, 0.1) is 0 Å². The van der Waals surface area contributed by atoms with Crippen molar-refractivity contribution in [1.29, 1.82) is 0 Å². The Kier molecular flexibility index (Phi) is 4.77. The van der Waals surface area contributed by atoms with Gasteiger partial charge in [0, 0.05) is 33.9 Å². The van der Waals surface area contributed by atoms with Crippen molar-refractivity contribution in [3.63, 3.8) is 0 Å². The molecule has 15 heavy (non-hydrogen) atoms. The maximum atomic E-state index is 5.12. The number of H-pyrrole nitrogens is 1. The fourth-order valence-corrected chi connectivity index (χ4v) is 1.69. The summed E-state index contributed by atoms with van der Waals surface area (Å²) in [4.78, 5) is 2.08. The molecule has 0 aliphatic heterocycles. The molecule has 0 saturated heterocycles. The van der Waals surface area contributed by atoms with Crippen LogP contribution < -0.4 is 4.90 Å². The first-order valence-electron chi connectivity index (χ1n) is 5.06. The zero-order chi connectivity index (χ0) is 11.3. The molecule has 0 aliphatic rings. The van der Waals surface area contributed by atoms with Crippen LogP contribution in [0.25, 0.3) is 0 Å². The van der Waals surface area contributed by atoms with Gasteiger partial charge in [-0.25, -0.2) is 5.10 Å². The van der Waals surface area contributed by atoms with Gasteiger partial charge in [-0.1, -0.05) is 0 Å². The summed E-state index contributed by atoms with van der Waals surface area (Å²) < 4.78 is 7.65. The first-order valence-corrected chi connectivity index (χ1v) is 5.46. The van der Waals surface area contributed by atoms with Crippen LogP contribution in [0, 0.1) is 4.77 Å². The summed E-state index contributed by atoms with van der Waals surface area (Å²) in [7, 11) is 3.72. The van der Waals surface area contributed by atoms with Crippen LogP contribution in [0.5, 0.6) is 0 Å². The molecule has 6 heteroatoms. The Morgan fingerprint density at radius 3 is 2.93 bits per heavy atom. The van der Waals surface area contributed by atoms with Gasteiger partial charge in [0.25, 0.3) is 0 Å². The maximum absolute atomic E-state index is 5.12. The third-order valence-electron chi connectivity index (χ3n) is 2.24. The lowest BCUT2D eigenvalue weighted by Gasteiger charge is -2.17. The van der Waals surface area contributed by atoms with E-state index >= 15 is 0 Å². The van der Waals surface area contributed by atoms with Crippen molar-refractivity contribution in [1.82, 2.24) is 14.8 Å². The monoisotopic (exact) mass is 230 g/mol. The molecule has 1 aromatic rings. The van der Waals surface area contributed by atoms with Crippen LogP contribution in [0.2, 0.25) is 0 Å². The normalized spacial score (nSPS) is 10.6. The van der Waals surface area contributed by atoms with E-state index in [2.05, 4.69) is 22.0 Å². The number of anilines is 1. The molecule has 1 heterocycles. The Hall–Kier alpha value is -0.880. The highest BCUT2D eigenvalue weighted by Crippen LogP contribution is 2.09. The van der Waals surface area contributed by atoms with Gasteiger partial charge in [0.1, 0.15) is 0 Å². The quantitative estimate of drug-likeness (QED) is 0.593. The van der Waals surface area contributed by atoms with Crippen molar-refractivity contribution < 1.29 is 4.74 Å². The topological polar surface area (TPSA) is 46.1 Å². The van der Waals surface area contributed by atoms with Crippen LogP contribution in [0.3, 0.4) is 0 Å². The van der Waals surface area contributed by atoms with Gasteiger partial charge >= 0.3 is 0 Å². The molecule has 0 atom stereocenters. The molecule has 5 nitrogen and oxygen atoms in total. The Balaban J connectivity index is 2.64. The Labute approximate surface area is 95.0 Å². The average molecular weight is 230 g/mol. The minimum absolute atomic E-state index is 0.672. The zero-order valence-corrected chi connectivity index (χ0v) is 10.3. The largest absolute Gasteiger partial charge is 0.385 e. The fraction of sp³-hybridized carbons (Fsp3) is 0.778. The van der Waals surface area contributed by atoms with Crippen molar-refractivity contribution in [2.45, 2.75) is 19.9 Å². The van der Waals surface area contributed by atoms with Crippen molar-refractivity contribution in [2.24, 2.45) is 0 Å². The lowest BCUT2D eigenvalue weighted by Crippen LogP contribution is -2.23. The smallest absolute Gasteiger partial charge is 0.225 e. The summed E-state index contributed by atoms with van der Waals surface area (Å²) in [6.45, 7) is 4.56. The van der Waals surface area contributed by atoms with Crippen molar-refractivity contribution in [3.8, 4) is 0 Å². The summed E-state index contributed by atoms with van der Waals surface area (Å²) in [5.74, 6) is 0.888. The Bertz CT molecular complexity index is 346. The summed E-state index contributed by atoms with van der Waals surface area (Å²) in [6, 6.07) is 0. The first kappa shape index (κ1) is 12.2. The second kappa shape index (κ2) is 5.87. The minimum Gasteiger partial charge on any atom is -0.385 e. The van der Waals surface area contributed by atoms with Gasteiger partial charge in [0.2, 0.25) is 5.95 Å². The molecule has 1 N–H and O–H groups in total.